The zero-order chi connectivity index (χ0) is 23.2. The van der Waals surface area contributed by atoms with Gasteiger partial charge in [0.2, 0.25) is 5.91 Å². The summed E-state index contributed by atoms with van der Waals surface area (Å²) in [5.74, 6) is 1.63. The lowest BCUT2D eigenvalue weighted by molar-refractivity contribution is -0.113. The van der Waals surface area contributed by atoms with Crippen molar-refractivity contribution in [1.82, 2.24) is 14.8 Å². The van der Waals surface area contributed by atoms with Crippen LogP contribution in [-0.4, -0.2) is 33.0 Å². The number of rotatable bonds is 8. The number of amides is 1. The quantitative estimate of drug-likeness (QED) is 0.344. The van der Waals surface area contributed by atoms with Crippen molar-refractivity contribution in [1.29, 1.82) is 0 Å². The first-order valence-electron chi connectivity index (χ1n) is 10.8. The molecule has 0 spiro atoms. The van der Waals surface area contributed by atoms with Crippen LogP contribution in [0, 0.1) is 13.8 Å². The zero-order valence-electron chi connectivity index (χ0n) is 18.9. The first kappa shape index (κ1) is 22.6. The zero-order valence-corrected chi connectivity index (χ0v) is 19.7. The molecular formula is C26H26N4O2S. The third kappa shape index (κ3) is 5.43. The van der Waals surface area contributed by atoms with Crippen LogP contribution in [0.3, 0.4) is 0 Å². The molecule has 0 saturated carbocycles. The van der Waals surface area contributed by atoms with Crippen LogP contribution < -0.4 is 10.1 Å². The van der Waals surface area contributed by atoms with E-state index in [1.165, 1.54) is 11.8 Å². The van der Waals surface area contributed by atoms with Crippen LogP contribution >= 0.6 is 11.8 Å². The van der Waals surface area contributed by atoms with E-state index in [0.717, 1.165) is 39.6 Å². The van der Waals surface area contributed by atoms with Crippen LogP contribution in [0.4, 0.5) is 5.69 Å². The Morgan fingerprint density at radius 2 is 1.76 bits per heavy atom. The molecule has 0 saturated heterocycles. The van der Waals surface area contributed by atoms with E-state index in [1.807, 2.05) is 66.1 Å². The number of aryl methyl sites for hydroxylation is 2. The summed E-state index contributed by atoms with van der Waals surface area (Å²) in [6.07, 6.45) is 0. The summed E-state index contributed by atoms with van der Waals surface area (Å²) in [6.45, 7) is 6.67. The summed E-state index contributed by atoms with van der Waals surface area (Å²) in [5, 5.41) is 12.5. The number of carbonyl (C=O) groups is 1. The maximum Gasteiger partial charge on any atom is 0.234 e. The minimum Gasteiger partial charge on any atom is -0.494 e. The highest BCUT2D eigenvalue weighted by molar-refractivity contribution is 7.99. The van der Waals surface area contributed by atoms with Gasteiger partial charge in [0, 0.05) is 11.3 Å². The maximum absolute atomic E-state index is 12.6. The molecule has 0 aliphatic rings. The number of aromatic nitrogens is 3. The Kier molecular flexibility index (Phi) is 7.10. The molecule has 1 amide bonds. The largest absolute Gasteiger partial charge is 0.494 e. The summed E-state index contributed by atoms with van der Waals surface area (Å²) < 4.78 is 7.48. The molecule has 1 N–H and O–H groups in total. The van der Waals surface area contributed by atoms with Crippen LogP contribution in [0.1, 0.15) is 18.1 Å². The fourth-order valence-corrected chi connectivity index (χ4v) is 4.19. The van der Waals surface area contributed by atoms with Crippen molar-refractivity contribution in [3.05, 3.63) is 83.9 Å². The minimum atomic E-state index is -0.110. The Morgan fingerprint density at radius 3 is 2.48 bits per heavy atom. The maximum atomic E-state index is 12.6. The second-order valence-corrected chi connectivity index (χ2v) is 8.53. The average molecular weight is 459 g/mol. The minimum absolute atomic E-state index is 0.110. The molecule has 168 valence electrons. The van der Waals surface area contributed by atoms with Crippen molar-refractivity contribution in [3.8, 4) is 22.8 Å². The summed E-state index contributed by atoms with van der Waals surface area (Å²) in [5.41, 5.74) is 4.96. The van der Waals surface area contributed by atoms with Gasteiger partial charge in [-0.15, -0.1) is 10.2 Å². The Morgan fingerprint density at radius 1 is 1.00 bits per heavy atom. The van der Waals surface area contributed by atoms with Crippen molar-refractivity contribution in [3.63, 3.8) is 0 Å². The molecule has 33 heavy (non-hydrogen) atoms. The predicted octanol–water partition coefficient (Wildman–Crippen LogP) is 5.68. The summed E-state index contributed by atoms with van der Waals surface area (Å²) in [4.78, 5) is 12.6. The third-order valence-electron chi connectivity index (χ3n) is 5.05. The number of ether oxygens (including phenoxy) is 1. The van der Waals surface area contributed by atoms with Crippen LogP contribution in [0.25, 0.3) is 17.1 Å². The van der Waals surface area contributed by atoms with Crippen LogP contribution in [0.15, 0.2) is 78.0 Å². The second kappa shape index (κ2) is 10.4. The number of nitrogens with zero attached hydrogens (tertiary/aromatic N) is 3. The standard InChI is InChI=1S/C26H26N4O2S/c1-4-32-22-14-12-21(13-15-22)27-24(31)17-33-26-29-28-25(20-8-6-5-7-9-20)30(26)23-16-18(2)10-11-19(23)3/h5-16H,4,17H2,1-3H3,(H,27,31). The molecule has 3 aromatic carbocycles. The van der Waals surface area contributed by atoms with Crippen LogP contribution in [-0.2, 0) is 4.79 Å². The highest BCUT2D eigenvalue weighted by atomic mass is 32.2. The normalized spacial score (nSPS) is 10.8. The summed E-state index contributed by atoms with van der Waals surface area (Å²) >= 11 is 1.36. The Balaban J connectivity index is 1.57. The van der Waals surface area contributed by atoms with E-state index in [1.54, 1.807) is 0 Å². The van der Waals surface area contributed by atoms with Gasteiger partial charge < -0.3 is 10.1 Å². The highest BCUT2D eigenvalue weighted by Gasteiger charge is 2.18. The van der Waals surface area contributed by atoms with Gasteiger partial charge in [-0.25, -0.2) is 0 Å². The number of nitrogens with one attached hydrogen (secondary N) is 1. The van der Waals surface area contributed by atoms with Gasteiger partial charge in [-0.3, -0.25) is 9.36 Å². The molecule has 0 aliphatic carbocycles. The molecule has 0 radical (unpaired) electrons. The molecule has 7 heteroatoms. The lowest BCUT2D eigenvalue weighted by Gasteiger charge is -2.14. The monoisotopic (exact) mass is 458 g/mol. The van der Waals surface area contributed by atoms with Gasteiger partial charge in [0.25, 0.3) is 0 Å². The number of anilines is 1. The fraction of sp³-hybridized carbons (Fsp3) is 0.192. The van der Waals surface area contributed by atoms with E-state index in [0.29, 0.717) is 11.8 Å². The second-order valence-electron chi connectivity index (χ2n) is 7.59. The van der Waals surface area contributed by atoms with Crippen molar-refractivity contribution < 1.29 is 9.53 Å². The van der Waals surface area contributed by atoms with Crippen molar-refractivity contribution in [2.24, 2.45) is 0 Å². The molecular weight excluding hydrogens is 432 g/mol. The summed E-state index contributed by atoms with van der Waals surface area (Å²) in [6, 6.07) is 23.6. The molecule has 1 aromatic heterocycles. The number of benzene rings is 3. The number of hydrogen-bond acceptors (Lipinski definition) is 5. The van der Waals surface area contributed by atoms with Gasteiger partial charge >= 0.3 is 0 Å². The topological polar surface area (TPSA) is 69.0 Å². The van der Waals surface area contributed by atoms with Crippen molar-refractivity contribution >= 4 is 23.4 Å². The van der Waals surface area contributed by atoms with Gasteiger partial charge in [0.05, 0.1) is 18.0 Å². The molecule has 6 nitrogen and oxygen atoms in total. The molecule has 0 aliphatic heterocycles. The predicted molar refractivity (Wildman–Crippen MR) is 133 cm³/mol. The van der Waals surface area contributed by atoms with E-state index in [-0.39, 0.29) is 11.7 Å². The van der Waals surface area contributed by atoms with Crippen LogP contribution in [0.2, 0.25) is 0 Å². The van der Waals surface area contributed by atoms with E-state index in [2.05, 4.69) is 47.6 Å². The van der Waals surface area contributed by atoms with Gasteiger partial charge in [-0.05, 0) is 62.2 Å². The molecule has 4 aromatic rings. The van der Waals surface area contributed by atoms with Crippen molar-refractivity contribution in [2.45, 2.75) is 25.9 Å². The molecule has 1 heterocycles. The Hall–Kier alpha value is -3.58. The highest BCUT2D eigenvalue weighted by Crippen LogP contribution is 2.30. The lowest BCUT2D eigenvalue weighted by atomic mass is 10.1. The Labute approximate surface area is 198 Å². The first-order valence-corrected chi connectivity index (χ1v) is 11.8. The van der Waals surface area contributed by atoms with Crippen molar-refractivity contribution in [2.75, 3.05) is 17.7 Å². The third-order valence-corrected chi connectivity index (χ3v) is 5.98. The molecule has 4 rings (SSSR count). The van der Waals surface area contributed by atoms with E-state index < -0.39 is 0 Å². The van der Waals surface area contributed by atoms with E-state index in [9.17, 15) is 4.79 Å². The Bertz CT molecular complexity index is 1240. The van der Waals surface area contributed by atoms with Gasteiger partial charge in [-0.1, -0.05) is 54.2 Å². The molecule has 0 unspecified atom stereocenters. The molecule has 0 bridgehead atoms. The fourth-order valence-electron chi connectivity index (χ4n) is 3.44. The van der Waals surface area contributed by atoms with Gasteiger partial charge in [-0.2, -0.15) is 0 Å². The molecule has 0 atom stereocenters. The first-order chi connectivity index (χ1) is 16.0. The van der Waals surface area contributed by atoms with Gasteiger partial charge in [0.15, 0.2) is 11.0 Å². The smallest absolute Gasteiger partial charge is 0.234 e. The number of thioether (sulfide) groups is 1. The summed E-state index contributed by atoms with van der Waals surface area (Å²) in [7, 11) is 0. The SMILES string of the molecule is CCOc1ccc(NC(=O)CSc2nnc(-c3ccccc3)n2-c2cc(C)ccc2C)cc1. The molecule has 0 fully saturated rings. The van der Waals surface area contributed by atoms with Gasteiger partial charge in [0.1, 0.15) is 5.75 Å². The number of carbonyl (C=O) groups excluding carboxylic acids is 1. The lowest BCUT2D eigenvalue weighted by Crippen LogP contribution is -2.14. The average Bonchev–Trinajstić information content (AvgIpc) is 3.25. The van der Waals surface area contributed by atoms with E-state index in [4.69, 9.17) is 4.74 Å². The van der Waals surface area contributed by atoms with Crippen LogP contribution in [0.5, 0.6) is 5.75 Å². The van der Waals surface area contributed by atoms with E-state index >= 15 is 0 Å². The number of hydrogen-bond donors (Lipinski definition) is 1.